The van der Waals surface area contributed by atoms with E-state index in [1.165, 1.54) is 9.75 Å². The molecule has 0 fully saturated rings. The average molecular weight is 221 g/mol. The Kier molecular flexibility index (Phi) is 3.18. The Bertz CT molecular complexity index is 430. The van der Waals surface area contributed by atoms with Crippen LogP contribution in [0.3, 0.4) is 0 Å². The zero-order valence-electron chi connectivity index (χ0n) is 8.81. The van der Waals surface area contributed by atoms with Crippen LogP contribution in [0.25, 0.3) is 0 Å². The highest BCUT2D eigenvalue weighted by molar-refractivity contribution is 7.11. The molecule has 4 heteroatoms. The lowest BCUT2D eigenvalue weighted by atomic mass is 10.4. The number of hydrogen-bond donors (Lipinski definition) is 1. The highest BCUT2D eigenvalue weighted by Crippen LogP contribution is 2.17. The molecule has 3 nitrogen and oxygen atoms in total. The van der Waals surface area contributed by atoms with Gasteiger partial charge in [-0.2, -0.15) is 0 Å². The second-order valence-corrected chi connectivity index (χ2v) is 4.65. The van der Waals surface area contributed by atoms with Crippen LogP contribution in [0.1, 0.15) is 22.5 Å². The van der Waals surface area contributed by atoms with E-state index < -0.39 is 0 Å². The monoisotopic (exact) mass is 221 g/mol. The Labute approximate surface area is 93.6 Å². The topological polar surface area (TPSA) is 43.8 Å². The lowest BCUT2D eigenvalue weighted by Crippen LogP contribution is -2.01. The van der Waals surface area contributed by atoms with Gasteiger partial charge in [0, 0.05) is 35.1 Å². The molecule has 0 aliphatic heterocycles. The Hall–Kier alpha value is -1.13. The smallest absolute Gasteiger partial charge is 0.108 e. The van der Waals surface area contributed by atoms with Gasteiger partial charge in [0.15, 0.2) is 0 Å². The van der Waals surface area contributed by atoms with Crippen molar-refractivity contribution in [3.05, 3.63) is 40.1 Å². The summed E-state index contributed by atoms with van der Waals surface area (Å²) >= 11 is 1.78. The molecule has 0 saturated heterocycles. The predicted molar refractivity (Wildman–Crippen MR) is 62.9 cm³/mol. The average Bonchev–Trinajstić information content (AvgIpc) is 2.87. The minimum Gasteiger partial charge on any atom is -0.330 e. The van der Waals surface area contributed by atoms with E-state index in [-0.39, 0.29) is 0 Å². The summed E-state index contributed by atoms with van der Waals surface area (Å²) < 4.78 is 2.19. The molecule has 2 N–H and O–H groups in total. The SMILES string of the molecule is CCc1nccn1Cc1ccc(CN)s1. The van der Waals surface area contributed by atoms with Gasteiger partial charge in [0.2, 0.25) is 0 Å². The highest BCUT2D eigenvalue weighted by atomic mass is 32.1. The summed E-state index contributed by atoms with van der Waals surface area (Å²) in [4.78, 5) is 6.88. The predicted octanol–water partition coefficient (Wildman–Crippen LogP) is 2.01. The van der Waals surface area contributed by atoms with Gasteiger partial charge in [0.05, 0.1) is 6.54 Å². The maximum Gasteiger partial charge on any atom is 0.108 e. The summed E-state index contributed by atoms with van der Waals surface area (Å²) in [5, 5.41) is 0. The number of aryl methyl sites for hydroxylation is 1. The van der Waals surface area contributed by atoms with Crippen LogP contribution >= 0.6 is 11.3 Å². The van der Waals surface area contributed by atoms with Crippen molar-refractivity contribution >= 4 is 11.3 Å². The Balaban J connectivity index is 2.14. The van der Waals surface area contributed by atoms with E-state index in [1.54, 1.807) is 11.3 Å². The number of rotatable bonds is 4. The summed E-state index contributed by atoms with van der Waals surface area (Å²) in [5.41, 5.74) is 5.58. The van der Waals surface area contributed by atoms with E-state index in [4.69, 9.17) is 5.73 Å². The number of aromatic nitrogens is 2. The fourth-order valence-electron chi connectivity index (χ4n) is 1.58. The van der Waals surface area contributed by atoms with Crippen LogP contribution in [0.4, 0.5) is 0 Å². The van der Waals surface area contributed by atoms with Crippen LogP contribution in [0.15, 0.2) is 24.5 Å². The molecule has 0 radical (unpaired) electrons. The Morgan fingerprint density at radius 3 is 2.87 bits per heavy atom. The minimum atomic E-state index is 0.634. The fraction of sp³-hybridized carbons (Fsp3) is 0.364. The maximum atomic E-state index is 5.58. The fourth-order valence-corrected chi connectivity index (χ4v) is 2.48. The van der Waals surface area contributed by atoms with E-state index in [1.807, 2.05) is 12.4 Å². The molecule has 0 amide bonds. The van der Waals surface area contributed by atoms with Crippen molar-refractivity contribution in [2.45, 2.75) is 26.4 Å². The van der Waals surface area contributed by atoms with E-state index in [0.717, 1.165) is 18.8 Å². The second-order valence-electron chi connectivity index (χ2n) is 3.40. The van der Waals surface area contributed by atoms with Gasteiger partial charge in [0.25, 0.3) is 0 Å². The first kappa shape index (κ1) is 10.4. The summed E-state index contributed by atoms with van der Waals surface area (Å²) in [6.07, 6.45) is 4.86. The molecule has 0 aliphatic rings. The van der Waals surface area contributed by atoms with Crippen LogP contribution in [0.2, 0.25) is 0 Å². The van der Waals surface area contributed by atoms with Gasteiger partial charge in [-0.25, -0.2) is 4.98 Å². The molecule has 2 rings (SSSR count). The molecular weight excluding hydrogens is 206 g/mol. The molecule has 0 saturated carbocycles. The molecule has 80 valence electrons. The molecule has 0 bridgehead atoms. The van der Waals surface area contributed by atoms with Crippen molar-refractivity contribution in [2.24, 2.45) is 5.73 Å². The molecule has 0 spiro atoms. The third-order valence-corrected chi connectivity index (χ3v) is 3.45. The standard InChI is InChI=1S/C11H15N3S/c1-2-11-13-5-6-14(11)8-10-4-3-9(7-12)15-10/h3-6H,2,7-8,12H2,1H3. The van der Waals surface area contributed by atoms with Gasteiger partial charge < -0.3 is 10.3 Å². The Morgan fingerprint density at radius 1 is 1.40 bits per heavy atom. The van der Waals surface area contributed by atoms with Gasteiger partial charge in [0.1, 0.15) is 5.82 Å². The molecule has 15 heavy (non-hydrogen) atoms. The molecule has 2 heterocycles. The summed E-state index contributed by atoms with van der Waals surface area (Å²) in [5.74, 6) is 1.14. The van der Waals surface area contributed by atoms with Crippen LogP contribution < -0.4 is 5.73 Å². The first-order valence-electron chi connectivity index (χ1n) is 5.11. The zero-order valence-corrected chi connectivity index (χ0v) is 9.63. The minimum absolute atomic E-state index is 0.634. The molecule has 0 aromatic carbocycles. The summed E-state index contributed by atoms with van der Waals surface area (Å²) in [6.45, 7) is 3.67. The van der Waals surface area contributed by atoms with Gasteiger partial charge >= 0.3 is 0 Å². The lowest BCUT2D eigenvalue weighted by molar-refractivity contribution is 0.740. The van der Waals surface area contributed by atoms with Gasteiger partial charge in [-0.15, -0.1) is 11.3 Å². The first-order valence-corrected chi connectivity index (χ1v) is 5.92. The van der Waals surface area contributed by atoms with Crippen LogP contribution in [-0.4, -0.2) is 9.55 Å². The van der Waals surface area contributed by atoms with Crippen LogP contribution in [0, 0.1) is 0 Å². The quantitative estimate of drug-likeness (QED) is 0.858. The van der Waals surface area contributed by atoms with Crippen molar-refractivity contribution in [3.8, 4) is 0 Å². The van der Waals surface area contributed by atoms with E-state index >= 15 is 0 Å². The van der Waals surface area contributed by atoms with E-state index in [2.05, 4.69) is 28.6 Å². The van der Waals surface area contributed by atoms with Gasteiger partial charge in [-0.1, -0.05) is 6.92 Å². The largest absolute Gasteiger partial charge is 0.330 e. The summed E-state index contributed by atoms with van der Waals surface area (Å²) in [6, 6.07) is 4.24. The van der Waals surface area contributed by atoms with Crippen LogP contribution in [-0.2, 0) is 19.5 Å². The van der Waals surface area contributed by atoms with Crippen molar-refractivity contribution in [1.82, 2.24) is 9.55 Å². The van der Waals surface area contributed by atoms with E-state index in [9.17, 15) is 0 Å². The Morgan fingerprint density at radius 2 is 2.20 bits per heavy atom. The van der Waals surface area contributed by atoms with Gasteiger partial charge in [-0.05, 0) is 12.1 Å². The summed E-state index contributed by atoms with van der Waals surface area (Å²) in [7, 11) is 0. The lowest BCUT2D eigenvalue weighted by Gasteiger charge is -2.03. The number of imidazole rings is 1. The molecule has 2 aromatic heterocycles. The first-order chi connectivity index (χ1) is 7.33. The molecular formula is C11H15N3S. The van der Waals surface area contributed by atoms with Crippen molar-refractivity contribution < 1.29 is 0 Å². The van der Waals surface area contributed by atoms with Crippen molar-refractivity contribution in [2.75, 3.05) is 0 Å². The number of thiophene rings is 1. The number of nitrogens with two attached hydrogens (primary N) is 1. The molecule has 2 aromatic rings. The normalized spacial score (nSPS) is 10.8. The second kappa shape index (κ2) is 4.59. The van der Waals surface area contributed by atoms with Crippen molar-refractivity contribution in [1.29, 1.82) is 0 Å². The molecule has 0 unspecified atom stereocenters. The van der Waals surface area contributed by atoms with Crippen molar-refractivity contribution in [3.63, 3.8) is 0 Å². The third-order valence-electron chi connectivity index (χ3n) is 2.36. The van der Waals surface area contributed by atoms with E-state index in [0.29, 0.717) is 6.54 Å². The highest BCUT2D eigenvalue weighted by Gasteiger charge is 2.03. The molecule has 0 aliphatic carbocycles. The zero-order chi connectivity index (χ0) is 10.7. The number of nitrogens with zero attached hydrogens (tertiary/aromatic N) is 2. The van der Waals surface area contributed by atoms with Crippen LogP contribution in [0.5, 0.6) is 0 Å². The molecule has 0 atom stereocenters. The van der Waals surface area contributed by atoms with Gasteiger partial charge in [-0.3, -0.25) is 0 Å². The maximum absolute atomic E-state index is 5.58. The third kappa shape index (κ3) is 2.27. The number of hydrogen-bond acceptors (Lipinski definition) is 3.